The fourth-order valence-corrected chi connectivity index (χ4v) is 3.10. The van der Waals surface area contributed by atoms with Crippen molar-refractivity contribution in [1.29, 1.82) is 0 Å². The SMILES string of the molecule is Cc1cc(C)c(-c2cc(-c3ccc(SN)cc3)on2)c(C)c1. The highest BCUT2D eigenvalue weighted by Crippen LogP contribution is 2.31. The molecule has 22 heavy (non-hydrogen) atoms. The first kappa shape index (κ1) is 14.9. The highest BCUT2D eigenvalue weighted by Gasteiger charge is 2.13. The maximum Gasteiger partial charge on any atom is 0.167 e. The number of rotatable bonds is 3. The molecule has 3 nitrogen and oxygen atoms in total. The average Bonchev–Trinajstić information content (AvgIpc) is 2.96. The van der Waals surface area contributed by atoms with Crippen LogP contribution < -0.4 is 5.14 Å². The van der Waals surface area contributed by atoms with Gasteiger partial charge in [-0.05, 0) is 68.1 Å². The Labute approximate surface area is 134 Å². The lowest BCUT2D eigenvalue weighted by Gasteiger charge is -2.07. The predicted octanol–water partition coefficient (Wildman–Crippen LogP) is 4.90. The van der Waals surface area contributed by atoms with Crippen molar-refractivity contribution in [2.75, 3.05) is 0 Å². The van der Waals surface area contributed by atoms with E-state index in [4.69, 9.17) is 9.66 Å². The van der Waals surface area contributed by atoms with Gasteiger partial charge in [0, 0.05) is 22.1 Å². The van der Waals surface area contributed by atoms with Crippen molar-refractivity contribution < 1.29 is 4.52 Å². The molecule has 0 atom stereocenters. The first-order chi connectivity index (χ1) is 10.6. The van der Waals surface area contributed by atoms with Crippen LogP contribution >= 0.6 is 11.9 Å². The normalized spacial score (nSPS) is 10.9. The van der Waals surface area contributed by atoms with Gasteiger partial charge in [0.1, 0.15) is 5.69 Å². The Balaban J connectivity index is 2.00. The van der Waals surface area contributed by atoms with Gasteiger partial charge in [0.25, 0.3) is 0 Å². The van der Waals surface area contributed by atoms with Crippen LogP contribution in [-0.4, -0.2) is 5.16 Å². The van der Waals surface area contributed by atoms with Gasteiger partial charge in [-0.15, -0.1) is 0 Å². The molecule has 4 heteroatoms. The lowest BCUT2D eigenvalue weighted by Crippen LogP contribution is -1.89. The van der Waals surface area contributed by atoms with Crippen LogP contribution in [0.5, 0.6) is 0 Å². The summed E-state index contributed by atoms with van der Waals surface area (Å²) in [4.78, 5) is 1.02. The summed E-state index contributed by atoms with van der Waals surface area (Å²) in [5.74, 6) is 0.767. The molecule has 0 spiro atoms. The smallest absolute Gasteiger partial charge is 0.167 e. The second-order valence-corrected chi connectivity index (χ2v) is 6.20. The number of hydrogen-bond donors (Lipinski definition) is 1. The minimum atomic E-state index is 0.767. The van der Waals surface area contributed by atoms with E-state index in [1.54, 1.807) is 0 Å². The van der Waals surface area contributed by atoms with Crippen molar-refractivity contribution in [3.63, 3.8) is 0 Å². The number of benzene rings is 2. The quantitative estimate of drug-likeness (QED) is 0.699. The molecule has 0 fully saturated rings. The average molecular weight is 310 g/mol. The molecule has 0 aliphatic carbocycles. The van der Waals surface area contributed by atoms with Gasteiger partial charge < -0.3 is 4.52 Å². The summed E-state index contributed by atoms with van der Waals surface area (Å²) in [7, 11) is 0. The van der Waals surface area contributed by atoms with Crippen LogP contribution in [0.4, 0.5) is 0 Å². The fraction of sp³-hybridized carbons (Fsp3) is 0.167. The first-order valence-electron chi connectivity index (χ1n) is 7.10. The molecule has 0 aliphatic heterocycles. The van der Waals surface area contributed by atoms with Gasteiger partial charge in [0.15, 0.2) is 5.76 Å². The summed E-state index contributed by atoms with van der Waals surface area (Å²) >= 11 is 1.23. The van der Waals surface area contributed by atoms with E-state index in [2.05, 4.69) is 38.1 Å². The molecular formula is C18H18N2OS. The van der Waals surface area contributed by atoms with Crippen LogP contribution in [0.2, 0.25) is 0 Å². The summed E-state index contributed by atoms with van der Waals surface area (Å²) in [6.45, 7) is 6.32. The monoisotopic (exact) mass is 310 g/mol. The number of aryl methyl sites for hydroxylation is 3. The Morgan fingerprint density at radius 3 is 2.18 bits per heavy atom. The van der Waals surface area contributed by atoms with Crippen LogP contribution in [0.3, 0.4) is 0 Å². The fourth-order valence-electron chi connectivity index (χ4n) is 2.81. The Bertz CT molecular complexity index is 783. The van der Waals surface area contributed by atoms with E-state index in [9.17, 15) is 0 Å². The molecular weight excluding hydrogens is 292 g/mol. The van der Waals surface area contributed by atoms with E-state index in [0.29, 0.717) is 0 Å². The summed E-state index contributed by atoms with van der Waals surface area (Å²) in [6, 6.07) is 14.3. The minimum absolute atomic E-state index is 0.767. The minimum Gasteiger partial charge on any atom is -0.356 e. The van der Waals surface area contributed by atoms with Gasteiger partial charge in [0.2, 0.25) is 0 Å². The molecule has 0 aliphatic rings. The molecule has 2 N–H and O–H groups in total. The van der Waals surface area contributed by atoms with Crippen molar-refractivity contribution in [2.45, 2.75) is 25.7 Å². The van der Waals surface area contributed by atoms with Crippen LogP contribution in [0.25, 0.3) is 22.6 Å². The van der Waals surface area contributed by atoms with Crippen LogP contribution in [0.15, 0.2) is 51.9 Å². The molecule has 3 rings (SSSR count). The Kier molecular flexibility index (Phi) is 4.05. The van der Waals surface area contributed by atoms with Gasteiger partial charge in [-0.25, -0.2) is 0 Å². The highest BCUT2D eigenvalue weighted by molar-refractivity contribution is 7.97. The second-order valence-electron chi connectivity index (χ2n) is 5.49. The maximum absolute atomic E-state index is 5.55. The third kappa shape index (κ3) is 2.80. The number of hydrogen-bond acceptors (Lipinski definition) is 4. The number of aromatic nitrogens is 1. The second kappa shape index (κ2) is 5.99. The zero-order valence-corrected chi connectivity index (χ0v) is 13.7. The Morgan fingerprint density at radius 2 is 1.59 bits per heavy atom. The molecule has 112 valence electrons. The van der Waals surface area contributed by atoms with Crippen molar-refractivity contribution in [3.05, 3.63) is 59.2 Å². The molecule has 1 heterocycles. The summed E-state index contributed by atoms with van der Waals surface area (Å²) < 4.78 is 5.53. The topological polar surface area (TPSA) is 52.0 Å². The maximum atomic E-state index is 5.55. The first-order valence-corrected chi connectivity index (χ1v) is 7.98. The van der Waals surface area contributed by atoms with Crippen LogP contribution in [0.1, 0.15) is 16.7 Å². The zero-order valence-electron chi connectivity index (χ0n) is 12.9. The molecule has 0 unspecified atom stereocenters. The molecule has 0 saturated heterocycles. The van der Waals surface area contributed by atoms with Crippen LogP contribution in [0, 0.1) is 20.8 Å². The van der Waals surface area contributed by atoms with Crippen LogP contribution in [-0.2, 0) is 0 Å². The van der Waals surface area contributed by atoms with Crippen molar-refractivity contribution >= 4 is 11.9 Å². The van der Waals surface area contributed by atoms with Crippen molar-refractivity contribution in [2.24, 2.45) is 5.14 Å². The predicted molar refractivity (Wildman–Crippen MR) is 91.6 cm³/mol. The van der Waals surface area contributed by atoms with Gasteiger partial charge in [-0.2, -0.15) is 0 Å². The Hall–Kier alpha value is -2.04. The molecule has 2 aromatic carbocycles. The molecule has 0 amide bonds. The van der Waals surface area contributed by atoms with E-state index < -0.39 is 0 Å². The molecule has 3 aromatic rings. The standard InChI is InChI=1S/C18H18N2OS/c1-11-8-12(2)18(13(3)9-11)16-10-17(21-20-16)14-4-6-15(22-19)7-5-14/h4-10H,19H2,1-3H3. The van der Waals surface area contributed by atoms with E-state index in [0.717, 1.165) is 27.5 Å². The van der Waals surface area contributed by atoms with E-state index >= 15 is 0 Å². The summed E-state index contributed by atoms with van der Waals surface area (Å²) in [5, 5.41) is 9.80. The third-order valence-corrected chi connectivity index (χ3v) is 4.26. The largest absolute Gasteiger partial charge is 0.356 e. The van der Waals surface area contributed by atoms with Crippen molar-refractivity contribution in [3.8, 4) is 22.6 Å². The molecule has 0 bridgehead atoms. The van der Waals surface area contributed by atoms with Crippen molar-refractivity contribution in [1.82, 2.24) is 5.16 Å². The van der Waals surface area contributed by atoms with E-state index in [-0.39, 0.29) is 0 Å². The molecule has 0 saturated carbocycles. The lowest BCUT2D eigenvalue weighted by atomic mass is 9.97. The molecule has 1 aromatic heterocycles. The number of nitrogens with two attached hydrogens (primary N) is 1. The number of nitrogens with zero attached hydrogens (tertiary/aromatic N) is 1. The van der Waals surface area contributed by atoms with Gasteiger partial charge in [-0.1, -0.05) is 22.9 Å². The van der Waals surface area contributed by atoms with Gasteiger partial charge in [0.05, 0.1) is 0 Å². The lowest BCUT2D eigenvalue weighted by molar-refractivity contribution is 0.435. The van der Waals surface area contributed by atoms with Gasteiger partial charge >= 0.3 is 0 Å². The molecule has 0 radical (unpaired) electrons. The van der Waals surface area contributed by atoms with Gasteiger partial charge in [-0.3, -0.25) is 5.14 Å². The van der Waals surface area contributed by atoms with E-state index in [1.165, 1.54) is 28.6 Å². The Morgan fingerprint density at radius 1 is 0.955 bits per heavy atom. The zero-order chi connectivity index (χ0) is 15.7. The summed E-state index contributed by atoms with van der Waals surface area (Å²) in [6.07, 6.45) is 0. The summed E-state index contributed by atoms with van der Waals surface area (Å²) in [5.41, 5.74) is 6.72. The van der Waals surface area contributed by atoms with E-state index in [1.807, 2.05) is 30.3 Å². The highest BCUT2D eigenvalue weighted by atomic mass is 32.2. The third-order valence-electron chi connectivity index (χ3n) is 3.72.